The summed E-state index contributed by atoms with van der Waals surface area (Å²) in [6, 6.07) is 16.4. The Morgan fingerprint density at radius 1 is 1.06 bits per heavy atom. The van der Waals surface area contributed by atoms with E-state index in [1.165, 1.54) is 0 Å². The number of carbonyl (C=O) groups is 2. The van der Waals surface area contributed by atoms with Crippen molar-refractivity contribution in [1.29, 1.82) is 0 Å². The van der Waals surface area contributed by atoms with E-state index >= 15 is 0 Å². The predicted octanol–water partition coefficient (Wildman–Crippen LogP) is 5.98. The highest BCUT2D eigenvalue weighted by Crippen LogP contribution is 2.32. The summed E-state index contributed by atoms with van der Waals surface area (Å²) in [5.41, 5.74) is -0.640. The van der Waals surface area contributed by atoms with E-state index in [-0.39, 0.29) is 32.0 Å². The van der Waals surface area contributed by atoms with Gasteiger partial charge in [0.05, 0.1) is 19.1 Å². The van der Waals surface area contributed by atoms with Crippen LogP contribution in [0, 0.1) is 0 Å². The van der Waals surface area contributed by atoms with Crippen LogP contribution < -0.4 is 0 Å². The lowest BCUT2D eigenvalue weighted by atomic mass is 9.87. The first-order valence-corrected chi connectivity index (χ1v) is 11.9. The Morgan fingerprint density at radius 3 is 2.21 bits per heavy atom. The molecule has 1 amide bonds. The van der Waals surface area contributed by atoms with Crippen LogP contribution in [0.3, 0.4) is 0 Å². The fourth-order valence-electron chi connectivity index (χ4n) is 3.52. The Morgan fingerprint density at radius 2 is 1.67 bits per heavy atom. The van der Waals surface area contributed by atoms with Crippen LogP contribution in [0.15, 0.2) is 59.1 Å². The van der Waals surface area contributed by atoms with Crippen LogP contribution in [0.5, 0.6) is 0 Å². The second-order valence-corrected chi connectivity index (χ2v) is 9.95. The lowest BCUT2D eigenvalue weighted by Gasteiger charge is -2.35. The molecule has 1 N–H and O–H groups in total. The number of ether oxygens (including phenoxy) is 2. The molecule has 0 bridgehead atoms. The number of hydrogen-bond donors (Lipinski definition) is 1. The van der Waals surface area contributed by atoms with Gasteiger partial charge in [-0.25, -0.2) is 4.79 Å². The SMILES string of the molecule is CCOC(=O)CC(O)(CCN(C(=O)OC(C)(C)C)C(C)c1ccc(Br)cc1)c1ccccc1. The lowest BCUT2D eigenvalue weighted by molar-refractivity contribution is -0.149. The Balaban J connectivity index is 2.34. The fraction of sp³-hybridized carbons (Fsp3) is 0.462. The van der Waals surface area contributed by atoms with Crippen LogP contribution in [-0.2, 0) is 19.9 Å². The molecule has 2 aromatic carbocycles. The van der Waals surface area contributed by atoms with Crippen molar-refractivity contribution in [2.75, 3.05) is 13.2 Å². The van der Waals surface area contributed by atoms with E-state index in [4.69, 9.17) is 9.47 Å². The van der Waals surface area contributed by atoms with Crippen LogP contribution in [-0.4, -0.2) is 40.8 Å². The highest BCUT2D eigenvalue weighted by molar-refractivity contribution is 9.10. The summed E-state index contributed by atoms with van der Waals surface area (Å²) in [4.78, 5) is 27.0. The van der Waals surface area contributed by atoms with E-state index in [9.17, 15) is 14.7 Å². The summed E-state index contributed by atoms with van der Waals surface area (Å²) in [5, 5.41) is 11.5. The number of rotatable bonds is 9. The van der Waals surface area contributed by atoms with E-state index in [0.29, 0.717) is 5.56 Å². The maximum Gasteiger partial charge on any atom is 0.410 e. The highest BCUT2D eigenvalue weighted by Gasteiger charge is 2.36. The standard InChI is InChI=1S/C26H34BrNO5/c1-6-32-23(29)18-26(31,21-10-8-7-9-11-21)16-17-28(24(30)33-25(3,4)5)19(2)20-12-14-22(27)15-13-20/h7-15,19,31H,6,16-18H2,1-5H3. The van der Waals surface area contributed by atoms with E-state index in [2.05, 4.69) is 15.9 Å². The zero-order valence-electron chi connectivity index (χ0n) is 20.0. The Hall–Kier alpha value is -2.38. The number of esters is 1. The monoisotopic (exact) mass is 519 g/mol. The average Bonchev–Trinajstić information content (AvgIpc) is 2.73. The zero-order valence-corrected chi connectivity index (χ0v) is 21.6. The first-order chi connectivity index (χ1) is 15.4. The molecule has 0 fully saturated rings. The summed E-state index contributed by atoms with van der Waals surface area (Å²) in [6.07, 6.45) is -0.556. The minimum absolute atomic E-state index is 0.135. The minimum Gasteiger partial charge on any atom is -0.466 e. The van der Waals surface area contributed by atoms with Gasteiger partial charge in [0.1, 0.15) is 11.2 Å². The van der Waals surface area contributed by atoms with Gasteiger partial charge in [-0.3, -0.25) is 4.79 Å². The molecule has 0 radical (unpaired) electrons. The van der Waals surface area contributed by atoms with Crippen molar-refractivity contribution >= 4 is 28.0 Å². The maximum atomic E-state index is 13.1. The van der Waals surface area contributed by atoms with Crippen LogP contribution in [0.1, 0.15) is 64.6 Å². The summed E-state index contributed by atoms with van der Waals surface area (Å²) < 4.78 is 11.7. The molecule has 0 aliphatic carbocycles. The first-order valence-electron chi connectivity index (χ1n) is 11.1. The van der Waals surface area contributed by atoms with Crippen LogP contribution >= 0.6 is 15.9 Å². The number of benzene rings is 2. The lowest BCUT2D eigenvalue weighted by Crippen LogP contribution is -2.42. The fourth-order valence-corrected chi connectivity index (χ4v) is 3.79. The van der Waals surface area contributed by atoms with E-state index < -0.39 is 23.3 Å². The van der Waals surface area contributed by atoms with Gasteiger partial charge in [0.15, 0.2) is 0 Å². The number of nitrogens with zero attached hydrogens (tertiary/aromatic N) is 1. The summed E-state index contributed by atoms with van der Waals surface area (Å²) in [7, 11) is 0. The molecule has 2 atom stereocenters. The molecule has 180 valence electrons. The molecule has 0 aliphatic heterocycles. The molecule has 0 aliphatic rings. The summed E-state index contributed by atoms with van der Waals surface area (Å²) in [6.45, 7) is 9.49. The molecule has 0 spiro atoms. The van der Waals surface area contributed by atoms with Crippen molar-refractivity contribution < 1.29 is 24.2 Å². The van der Waals surface area contributed by atoms with Crippen molar-refractivity contribution in [3.05, 3.63) is 70.2 Å². The third-order valence-corrected chi connectivity index (χ3v) is 5.80. The Kier molecular flexibility index (Phi) is 9.49. The Bertz CT molecular complexity index is 911. The van der Waals surface area contributed by atoms with Gasteiger partial charge in [-0.2, -0.15) is 0 Å². The number of halogens is 1. The van der Waals surface area contributed by atoms with E-state index in [1.807, 2.05) is 70.2 Å². The molecule has 2 aromatic rings. The van der Waals surface area contributed by atoms with Gasteiger partial charge in [0, 0.05) is 11.0 Å². The molecule has 7 heteroatoms. The number of carbonyl (C=O) groups excluding carboxylic acids is 2. The van der Waals surface area contributed by atoms with Gasteiger partial charge in [0.25, 0.3) is 0 Å². The topological polar surface area (TPSA) is 76.1 Å². The zero-order chi connectivity index (χ0) is 24.6. The molecule has 0 heterocycles. The molecular formula is C26H34BrNO5. The second-order valence-electron chi connectivity index (χ2n) is 9.03. The van der Waals surface area contributed by atoms with Crippen molar-refractivity contribution in [3.8, 4) is 0 Å². The van der Waals surface area contributed by atoms with Gasteiger partial charge < -0.3 is 19.5 Å². The molecule has 2 unspecified atom stereocenters. The molecular weight excluding hydrogens is 486 g/mol. The molecule has 6 nitrogen and oxygen atoms in total. The number of aliphatic hydroxyl groups is 1. The first kappa shape index (κ1) is 26.9. The average molecular weight is 520 g/mol. The molecule has 0 saturated carbocycles. The normalized spacial score (nSPS) is 14.2. The molecule has 0 saturated heterocycles. The van der Waals surface area contributed by atoms with Crippen LogP contribution in [0.25, 0.3) is 0 Å². The molecule has 0 aromatic heterocycles. The van der Waals surface area contributed by atoms with Gasteiger partial charge in [-0.15, -0.1) is 0 Å². The maximum absolute atomic E-state index is 13.1. The number of amides is 1. The predicted molar refractivity (Wildman–Crippen MR) is 132 cm³/mol. The van der Waals surface area contributed by atoms with Crippen molar-refractivity contribution in [2.24, 2.45) is 0 Å². The Labute approximate surface area is 205 Å². The summed E-state index contributed by atoms with van der Waals surface area (Å²) in [5.74, 6) is -0.492. The van der Waals surface area contributed by atoms with Crippen LogP contribution in [0.4, 0.5) is 4.79 Å². The second kappa shape index (κ2) is 11.7. The van der Waals surface area contributed by atoms with Gasteiger partial charge in [0.2, 0.25) is 0 Å². The third kappa shape index (κ3) is 8.16. The van der Waals surface area contributed by atoms with E-state index in [1.54, 1.807) is 24.0 Å². The van der Waals surface area contributed by atoms with Crippen molar-refractivity contribution in [2.45, 2.75) is 64.7 Å². The number of hydrogen-bond acceptors (Lipinski definition) is 5. The highest BCUT2D eigenvalue weighted by atomic mass is 79.9. The quantitative estimate of drug-likeness (QED) is 0.412. The molecule has 33 heavy (non-hydrogen) atoms. The van der Waals surface area contributed by atoms with Crippen molar-refractivity contribution in [1.82, 2.24) is 4.90 Å². The summed E-state index contributed by atoms with van der Waals surface area (Å²) >= 11 is 3.44. The third-order valence-electron chi connectivity index (χ3n) is 5.27. The smallest absolute Gasteiger partial charge is 0.410 e. The van der Waals surface area contributed by atoms with Crippen molar-refractivity contribution in [3.63, 3.8) is 0 Å². The van der Waals surface area contributed by atoms with Gasteiger partial charge in [-0.05, 0) is 64.3 Å². The largest absolute Gasteiger partial charge is 0.466 e. The minimum atomic E-state index is -1.49. The van der Waals surface area contributed by atoms with Gasteiger partial charge in [-0.1, -0.05) is 58.4 Å². The van der Waals surface area contributed by atoms with Crippen LogP contribution in [0.2, 0.25) is 0 Å². The van der Waals surface area contributed by atoms with Gasteiger partial charge >= 0.3 is 12.1 Å². The molecule has 2 rings (SSSR count). The van der Waals surface area contributed by atoms with E-state index in [0.717, 1.165) is 10.0 Å².